The van der Waals surface area contributed by atoms with Gasteiger partial charge in [-0.2, -0.15) is 13.2 Å². The second kappa shape index (κ2) is 9.74. The summed E-state index contributed by atoms with van der Waals surface area (Å²) in [6.07, 6.45) is 1.25. The third-order valence-corrected chi connectivity index (χ3v) is 5.85. The van der Waals surface area contributed by atoms with Crippen LogP contribution in [-0.2, 0) is 17.5 Å². The highest BCUT2D eigenvalue weighted by Crippen LogP contribution is 2.30. The minimum absolute atomic E-state index is 0.134. The summed E-state index contributed by atoms with van der Waals surface area (Å²) in [5.74, 6) is 0.788. The molecule has 0 spiro atoms. The smallest absolute Gasteiger partial charge is 0.353 e. The van der Waals surface area contributed by atoms with Gasteiger partial charge in [-0.15, -0.1) is 0 Å². The first-order chi connectivity index (χ1) is 13.4. The average Bonchev–Trinajstić information content (AvgIpc) is 2.68. The van der Waals surface area contributed by atoms with Crippen molar-refractivity contribution in [3.63, 3.8) is 0 Å². The lowest BCUT2D eigenvalue weighted by Gasteiger charge is -2.32. The Bertz CT molecular complexity index is 636. The first-order valence-electron chi connectivity index (χ1n) is 10.3. The number of carbonyl (C=O) groups is 1. The van der Waals surface area contributed by atoms with Crippen molar-refractivity contribution < 1.29 is 18.0 Å². The molecular formula is C21H30F3N3O. The molecule has 2 saturated heterocycles. The first-order valence-corrected chi connectivity index (χ1v) is 10.3. The van der Waals surface area contributed by atoms with Crippen LogP contribution in [0.2, 0.25) is 0 Å². The maximum absolute atomic E-state index is 12.8. The van der Waals surface area contributed by atoms with Gasteiger partial charge in [0.2, 0.25) is 5.91 Å². The molecule has 2 aliphatic rings. The number of rotatable bonds is 6. The predicted molar refractivity (Wildman–Crippen MR) is 103 cm³/mol. The molecule has 2 fully saturated rings. The topological polar surface area (TPSA) is 44.4 Å². The Balaban J connectivity index is 1.38. The van der Waals surface area contributed by atoms with E-state index in [1.54, 1.807) is 6.07 Å². The highest BCUT2D eigenvalue weighted by molar-refractivity contribution is 5.76. The number of hydrogen-bond acceptors (Lipinski definition) is 3. The van der Waals surface area contributed by atoms with Crippen LogP contribution in [-0.4, -0.2) is 43.0 Å². The van der Waals surface area contributed by atoms with Crippen molar-refractivity contribution in [2.24, 2.45) is 5.92 Å². The van der Waals surface area contributed by atoms with E-state index in [4.69, 9.17) is 0 Å². The SMILES string of the molecule is O=C(CCC1CCNCC1)NC1CCN(Cc2cccc(C(F)(F)F)c2)CC1. The Morgan fingerprint density at radius 2 is 1.86 bits per heavy atom. The number of hydrogen-bond donors (Lipinski definition) is 2. The molecule has 2 heterocycles. The van der Waals surface area contributed by atoms with E-state index < -0.39 is 11.7 Å². The van der Waals surface area contributed by atoms with E-state index >= 15 is 0 Å². The van der Waals surface area contributed by atoms with Crippen LogP contribution in [0.15, 0.2) is 24.3 Å². The normalized spacial score (nSPS) is 20.2. The zero-order valence-electron chi connectivity index (χ0n) is 16.2. The van der Waals surface area contributed by atoms with Gasteiger partial charge >= 0.3 is 6.18 Å². The van der Waals surface area contributed by atoms with Crippen LogP contribution in [0, 0.1) is 5.92 Å². The van der Waals surface area contributed by atoms with Gasteiger partial charge in [-0.3, -0.25) is 9.69 Å². The monoisotopic (exact) mass is 397 g/mol. The van der Waals surface area contributed by atoms with Crippen LogP contribution in [0.25, 0.3) is 0 Å². The third kappa shape index (κ3) is 6.48. The molecule has 7 heteroatoms. The van der Waals surface area contributed by atoms with Crippen LogP contribution < -0.4 is 10.6 Å². The molecule has 0 bridgehead atoms. The zero-order valence-corrected chi connectivity index (χ0v) is 16.2. The van der Waals surface area contributed by atoms with Crippen molar-refractivity contribution >= 4 is 5.91 Å². The summed E-state index contributed by atoms with van der Waals surface area (Å²) >= 11 is 0. The van der Waals surface area contributed by atoms with E-state index in [0.29, 0.717) is 24.4 Å². The van der Waals surface area contributed by atoms with Crippen molar-refractivity contribution in [1.29, 1.82) is 0 Å². The quantitative estimate of drug-likeness (QED) is 0.771. The number of halogens is 3. The second-order valence-corrected chi connectivity index (χ2v) is 8.05. The summed E-state index contributed by atoms with van der Waals surface area (Å²) in [6, 6.07) is 5.72. The molecule has 2 N–H and O–H groups in total. The van der Waals surface area contributed by atoms with Crippen LogP contribution in [0.4, 0.5) is 13.2 Å². The molecule has 28 heavy (non-hydrogen) atoms. The number of alkyl halides is 3. The van der Waals surface area contributed by atoms with Gasteiger partial charge in [0.1, 0.15) is 0 Å². The van der Waals surface area contributed by atoms with Crippen molar-refractivity contribution in [3.8, 4) is 0 Å². The highest BCUT2D eigenvalue weighted by Gasteiger charge is 2.30. The largest absolute Gasteiger partial charge is 0.416 e. The molecule has 2 aliphatic heterocycles. The Morgan fingerprint density at radius 3 is 2.54 bits per heavy atom. The molecule has 1 amide bonds. The molecule has 0 saturated carbocycles. The molecule has 0 unspecified atom stereocenters. The molecule has 0 aromatic heterocycles. The maximum atomic E-state index is 12.8. The van der Waals surface area contributed by atoms with Gasteiger partial charge < -0.3 is 10.6 Å². The minimum atomic E-state index is -4.30. The number of nitrogens with zero attached hydrogens (tertiary/aromatic N) is 1. The Labute approximate surface area is 164 Å². The van der Waals surface area contributed by atoms with Crippen LogP contribution in [0.1, 0.15) is 49.7 Å². The van der Waals surface area contributed by atoms with E-state index in [2.05, 4.69) is 15.5 Å². The molecule has 0 radical (unpaired) electrons. The summed E-state index contributed by atoms with van der Waals surface area (Å²) in [7, 11) is 0. The first kappa shape index (κ1) is 21.1. The van der Waals surface area contributed by atoms with Gasteiger partial charge in [0.15, 0.2) is 0 Å². The fraction of sp³-hybridized carbons (Fsp3) is 0.667. The van der Waals surface area contributed by atoms with Gasteiger partial charge in [-0.25, -0.2) is 0 Å². The van der Waals surface area contributed by atoms with E-state index in [9.17, 15) is 18.0 Å². The van der Waals surface area contributed by atoms with E-state index in [0.717, 1.165) is 64.3 Å². The average molecular weight is 397 g/mol. The fourth-order valence-corrected chi connectivity index (χ4v) is 4.15. The van der Waals surface area contributed by atoms with E-state index in [1.807, 2.05) is 0 Å². The van der Waals surface area contributed by atoms with Gasteiger partial charge in [-0.1, -0.05) is 18.2 Å². The molecule has 4 nitrogen and oxygen atoms in total. The van der Waals surface area contributed by atoms with E-state index in [-0.39, 0.29) is 11.9 Å². The van der Waals surface area contributed by atoms with Crippen molar-refractivity contribution in [3.05, 3.63) is 35.4 Å². The van der Waals surface area contributed by atoms with Crippen molar-refractivity contribution in [2.45, 2.75) is 57.3 Å². The minimum Gasteiger partial charge on any atom is -0.353 e. The van der Waals surface area contributed by atoms with Crippen molar-refractivity contribution in [1.82, 2.24) is 15.5 Å². The number of amides is 1. The number of carbonyl (C=O) groups excluding carboxylic acids is 1. The lowest BCUT2D eigenvalue weighted by molar-refractivity contribution is -0.137. The highest BCUT2D eigenvalue weighted by atomic mass is 19.4. The lowest BCUT2D eigenvalue weighted by atomic mass is 9.93. The van der Waals surface area contributed by atoms with Crippen LogP contribution in [0.3, 0.4) is 0 Å². The molecular weight excluding hydrogens is 367 g/mol. The summed E-state index contributed by atoms with van der Waals surface area (Å²) < 4.78 is 38.5. The Hall–Kier alpha value is -1.60. The maximum Gasteiger partial charge on any atom is 0.416 e. The van der Waals surface area contributed by atoms with Crippen molar-refractivity contribution in [2.75, 3.05) is 26.2 Å². The molecule has 0 atom stereocenters. The van der Waals surface area contributed by atoms with Crippen LogP contribution >= 0.6 is 0 Å². The Kier molecular flexibility index (Phi) is 7.35. The molecule has 3 rings (SSSR count). The molecule has 1 aromatic carbocycles. The summed E-state index contributed by atoms with van der Waals surface area (Å²) in [5, 5.41) is 6.48. The number of nitrogens with one attached hydrogen (secondary N) is 2. The fourth-order valence-electron chi connectivity index (χ4n) is 4.15. The Morgan fingerprint density at radius 1 is 1.14 bits per heavy atom. The van der Waals surface area contributed by atoms with Crippen LogP contribution in [0.5, 0.6) is 0 Å². The summed E-state index contributed by atoms with van der Waals surface area (Å²) in [4.78, 5) is 14.4. The molecule has 0 aliphatic carbocycles. The summed E-state index contributed by atoms with van der Waals surface area (Å²) in [5.41, 5.74) is 0.0835. The number of piperidine rings is 2. The number of likely N-dealkylation sites (tertiary alicyclic amines) is 1. The lowest BCUT2D eigenvalue weighted by Crippen LogP contribution is -2.44. The van der Waals surface area contributed by atoms with Gasteiger partial charge in [0, 0.05) is 32.1 Å². The zero-order chi connectivity index (χ0) is 20.0. The van der Waals surface area contributed by atoms with Gasteiger partial charge in [0.25, 0.3) is 0 Å². The molecule has 156 valence electrons. The van der Waals surface area contributed by atoms with Gasteiger partial charge in [-0.05, 0) is 62.7 Å². The van der Waals surface area contributed by atoms with E-state index in [1.165, 1.54) is 12.1 Å². The second-order valence-electron chi connectivity index (χ2n) is 8.05. The van der Waals surface area contributed by atoms with Gasteiger partial charge in [0.05, 0.1) is 5.56 Å². The standard InChI is InChI=1S/C21H30F3N3O/c22-21(23,24)18-3-1-2-17(14-18)15-27-12-8-19(9-13-27)26-20(28)5-4-16-6-10-25-11-7-16/h1-3,14,16,19,25H,4-13,15H2,(H,26,28). The summed E-state index contributed by atoms with van der Waals surface area (Å²) in [6.45, 7) is 4.19. The predicted octanol–water partition coefficient (Wildman–Crippen LogP) is 3.57. The number of benzene rings is 1. The third-order valence-electron chi connectivity index (χ3n) is 5.85. The molecule has 1 aromatic rings.